The van der Waals surface area contributed by atoms with Crippen molar-refractivity contribution in [2.45, 2.75) is 12.5 Å². The minimum Gasteiger partial charge on any atom is -0.311 e. The molecule has 2 rings (SSSR count). The average Bonchev–Trinajstić information content (AvgIpc) is 2.39. The highest BCUT2D eigenvalue weighted by atomic mass is 35.5. The van der Waals surface area contributed by atoms with Crippen molar-refractivity contribution in [1.82, 2.24) is 10.3 Å². The molecule has 4 heteroatoms. The lowest BCUT2D eigenvalue weighted by molar-refractivity contribution is 0.545. The van der Waals surface area contributed by atoms with E-state index in [1.807, 2.05) is 19.2 Å². The number of hydrogen-bond donors (Lipinski definition) is 1. The monoisotopic (exact) mass is 264 g/mol. The Hall–Kier alpha value is -1.45. The van der Waals surface area contributed by atoms with Crippen LogP contribution in [0.1, 0.15) is 17.3 Å². The van der Waals surface area contributed by atoms with E-state index in [4.69, 9.17) is 11.6 Å². The molecule has 1 N–H and O–H groups in total. The molecule has 0 fully saturated rings. The number of aromatic nitrogens is 1. The van der Waals surface area contributed by atoms with E-state index < -0.39 is 0 Å². The SMILES string of the molecule is CNC(Cc1ccccc1F)c1ccc(Cl)cn1. The Kier molecular flexibility index (Phi) is 4.28. The Morgan fingerprint density at radius 1 is 1.28 bits per heavy atom. The van der Waals surface area contributed by atoms with E-state index >= 15 is 0 Å². The van der Waals surface area contributed by atoms with Crippen LogP contribution < -0.4 is 5.32 Å². The van der Waals surface area contributed by atoms with Crippen LogP contribution in [0.3, 0.4) is 0 Å². The van der Waals surface area contributed by atoms with Crippen LogP contribution in [0, 0.1) is 5.82 Å². The molecule has 0 aliphatic heterocycles. The molecule has 0 aliphatic carbocycles. The highest BCUT2D eigenvalue weighted by Crippen LogP contribution is 2.19. The zero-order chi connectivity index (χ0) is 13.0. The van der Waals surface area contributed by atoms with E-state index in [0.29, 0.717) is 17.0 Å². The van der Waals surface area contributed by atoms with Gasteiger partial charge in [-0.1, -0.05) is 29.8 Å². The van der Waals surface area contributed by atoms with Gasteiger partial charge in [0.25, 0.3) is 0 Å². The summed E-state index contributed by atoms with van der Waals surface area (Å²) in [7, 11) is 1.84. The van der Waals surface area contributed by atoms with Gasteiger partial charge in [-0.2, -0.15) is 0 Å². The molecular weight excluding hydrogens is 251 g/mol. The summed E-state index contributed by atoms with van der Waals surface area (Å²) in [6, 6.07) is 10.4. The second-order valence-corrected chi connectivity index (χ2v) is 4.47. The lowest BCUT2D eigenvalue weighted by Crippen LogP contribution is -2.20. The van der Waals surface area contributed by atoms with Gasteiger partial charge in [-0.05, 0) is 37.2 Å². The minimum atomic E-state index is -0.188. The first-order valence-electron chi connectivity index (χ1n) is 5.73. The number of nitrogens with one attached hydrogen (secondary N) is 1. The van der Waals surface area contributed by atoms with Gasteiger partial charge in [-0.3, -0.25) is 4.98 Å². The Labute approximate surface area is 111 Å². The topological polar surface area (TPSA) is 24.9 Å². The number of rotatable bonds is 4. The van der Waals surface area contributed by atoms with Crippen molar-refractivity contribution in [3.8, 4) is 0 Å². The lowest BCUT2D eigenvalue weighted by atomic mass is 10.0. The zero-order valence-electron chi connectivity index (χ0n) is 10.0. The Bertz CT molecular complexity index is 513. The number of likely N-dealkylation sites (N-methyl/N-ethyl adjacent to an activating group) is 1. The molecule has 1 atom stereocenters. The van der Waals surface area contributed by atoms with Gasteiger partial charge >= 0.3 is 0 Å². The van der Waals surface area contributed by atoms with Crippen LogP contribution in [0.25, 0.3) is 0 Å². The number of pyridine rings is 1. The van der Waals surface area contributed by atoms with E-state index in [9.17, 15) is 4.39 Å². The van der Waals surface area contributed by atoms with Crippen LogP contribution in [0.4, 0.5) is 4.39 Å². The van der Waals surface area contributed by atoms with Crippen LogP contribution in [-0.2, 0) is 6.42 Å². The fraction of sp³-hybridized carbons (Fsp3) is 0.214. The Morgan fingerprint density at radius 3 is 2.67 bits per heavy atom. The van der Waals surface area contributed by atoms with Crippen molar-refractivity contribution >= 4 is 11.6 Å². The number of hydrogen-bond acceptors (Lipinski definition) is 2. The molecular formula is C14H14ClFN2. The average molecular weight is 265 g/mol. The summed E-state index contributed by atoms with van der Waals surface area (Å²) >= 11 is 5.80. The van der Waals surface area contributed by atoms with E-state index in [1.54, 1.807) is 24.4 Å². The molecule has 1 aromatic heterocycles. The molecule has 0 radical (unpaired) electrons. The van der Waals surface area contributed by atoms with E-state index in [1.165, 1.54) is 6.07 Å². The summed E-state index contributed by atoms with van der Waals surface area (Å²) < 4.78 is 13.6. The molecule has 0 saturated carbocycles. The molecule has 18 heavy (non-hydrogen) atoms. The van der Waals surface area contributed by atoms with Gasteiger partial charge < -0.3 is 5.32 Å². The molecule has 0 spiro atoms. The molecule has 1 aromatic carbocycles. The third-order valence-corrected chi connectivity index (χ3v) is 3.06. The predicted molar refractivity (Wildman–Crippen MR) is 71.2 cm³/mol. The van der Waals surface area contributed by atoms with Gasteiger partial charge in [-0.15, -0.1) is 0 Å². The zero-order valence-corrected chi connectivity index (χ0v) is 10.8. The third kappa shape index (κ3) is 3.06. The van der Waals surface area contributed by atoms with Crippen LogP contribution in [0.2, 0.25) is 5.02 Å². The smallest absolute Gasteiger partial charge is 0.126 e. The fourth-order valence-electron chi connectivity index (χ4n) is 1.83. The van der Waals surface area contributed by atoms with E-state index in [0.717, 1.165) is 5.69 Å². The third-order valence-electron chi connectivity index (χ3n) is 2.84. The van der Waals surface area contributed by atoms with Crippen LogP contribution in [0.5, 0.6) is 0 Å². The maximum Gasteiger partial charge on any atom is 0.126 e. The van der Waals surface area contributed by atoms with Crippen molar-refractivity contribution in [3.05, 3.63) is 64.7 Å². The summed E-state index contributed by atoms with van der Waals surface area (Å²) in [5.41, 5.74) is 1.53. The molecule has 0 aliphatic rings. The van der Waals surface area contributed by atoms with Gasteiger partial charge in [0.15, 0.2) is 0 Å². The minimum absolute atomic E-state index is 0.0285. The second-order valence-electron chi connectivity index (χ2n) is 4.04. The molecule has 0 amide bonds. The van der Waals surface area contributed by atoms with Crippen molar-refractivity contribution < 1.29 is 4.39 Å². The van der Waals surface area contributed by atoms with E-state index in [-0.39, 0.29) is 11.9 Å². The number of nitrogens with zero attached hydrogens (tertiary/aromatic N) is 1. The largest absolute Gasteiger partial charge is 0.311 e. The normalized spacial score (nSPS) is 12.4. The van der Waals surface area contributed by atoms with Crippen LogP contribution in [0.15, 0.2) is 42.6 Å². The first kappa shape index (κ1) is 13.0. The maximum absolute atomic E-state index is 13.6. The molecule has 1 unspecified atom stereocenters. The summed E-state index contributed by atoms with van der Waals surface area (Å²) in [5.74, 6) is -0.188. The molecule has 2 aromatic rings. The Morgan fingerprint density at radius 2 is 2.06 bits per heavy atom. The molecule has 94 valence electrons. The first-order chi connectivity index (χ1) is 8.70. The van der Waals surface area contributed by atoms with Gasteiger partial charge in [0.1, 0.15) is 5.82 Å². The highest BCUT2D eigenvalue weighted by Gasteiger charge is 2.13. The molecule has 1 heterocycles. The molecule has 0 saturated heterocycles. The van der Waals surface area contributed by atoms with Crippen molar-refractivity contribution in [3.63, 3.8) is 0 Å². The Balaban J connectivity index is 2.20. The maximum atomic E-state index is 13.6. The van der Waals surface area contributed by atoms with Gasteiger partial charge in [0, 0.05) is 6.20 Å². The lowest BCUT2D eigenvalue weighted by Gasteiger charge is -2.16. The van der Waals surface area contributed by atoms with Crippen molar-refractivity contribution in [2.24, 2.45) is 0 Å². The second kappa shape index (κ2) is 5.94. The fourth-order valence-corrected chi connectivity index (χ4v) is 1.94. The number of benzene rings is 1. The number of halogens is 2. The summed E-state index contributed by atoms with van der Waals surface area (Å²) in [5, 5.41) is 3.74. The van der Waals surface area contributed by atoms with Crippen molar-refractivity contribution in [1.29, 1.82) is 0 Å². The van der Waals surface area contributed by atoms with Gasteiger partial charge in [0.05, 0.1) is 16.8 Å². The quantitative estimate of drug-likeness (QED) is 0.916. The molecule has 2 nitrogen and oxygen atoms in total. The highest BCUT2D eigenvalue weighted by molar-refractivity contribution is 6.30. The van der Waals surface area contributed by atoms with Gasteiger partial charge in [0.2, 0.25) is 0 Å². The summed E-state index contributed by atoms with van der Waals surface area (Å²) in [6.45, 7) is 0. The summed E-state index contributed by atoms with van der Waals surface area (Å²) in [6.07, 6.45) is 2.15. The van der Waals surface area contributed by atoms with Crippen LogP contribution >= 0.6 is 11.6 Å². The van der Waals surface area contributed by atoms with Gasteiger partial charge in [-0.25, -0.2) is 4.39 Å². The molecule has 0 bridgehead atoms. The standard InChI is InChI=1S/C14H14ClFN2/c1-17-14(13-7-6-11(15)9-18-13)8-10-4-2-3-5-12(10)16/h2-7,9,14,17H,8H2,1H3. The van der Waals surface area contributed by atoms with Crippen molar-refractivity contribution in [2.75, 3.05) is 7.05 Å². The summed E-state index contributed by atoms with van der Waals surface area (Å²) in [4.78, 5) is 4.26. The first-order valence-corrected chi connectivity index (χ1v) is 6.10. The predicted octanol–water partition coefficient (Wildman–Crippen LogP) is 3.38. The van der Waals surface area contributed by atoms with E-state index in [2.05, 4.69) is 10.3 Å². The van der Waals surface area contributed by atoms with Crippen LogP contribution in [-0.4, -0.2) is 12.0 Å².